The van der Waals surface area contributed by atoms with Gasteiger partial charge >= 0.3 is 106 Å². The molecule has 0 atom stereocenters. The van der Waals surface area contributed by atoms with Crippen LogP contribution in [0.4, 0.5) is 0 Å². The Bertz CT molecular complexity index is 447. The summed E-state index contributed by atoms with van der Waals surface area (Å²) in [6.45, 7) is 0.459. The van der Waals surface area contributed by atoms with E-state index in [1.165, 1.54) is 0 Å². The third-order valence-electron chi connectivity index (χ3n) is 1.77. The van der Waals surface area contributed by atoms with E-state index in [1.807, 2.05) is 23.6 Å². The van der Waals surface area contributed by atoms with E-state index in [0.717, 1.165) is 10.0 Å². The molecular weight excluding hydrogens is 293 g/mol. The molecule has 1 heterocycles. The van der Waals surface area contributed by atoms with Crippen molar-refractivity contribution in [2.45, 2.75) is 6.61 Å². The molecule has 76 valence electrons. The van der Waals surface area contributed by atoms with E-state index in [2.05, 4.69) is 21.8 Å². The van der Waals surface area contributed by atoms with Crippen molar-refractivity contribution in [3.8, 4) is 5.75 Å². The molecule has 1 aromatic heterocycles. The molecule has 15 heavy (non-hydrogen) atoms. The van der Waals surface area contributed by atoms with Crippen LogP contribution in [-0.4, -0.2) is 21.8 Å². The Kier molecular flexibility index (Phi) is 3.68. The molecule has 0 aliphatic heterocycles. The van der Waals surface area contributed by atoms with Crippen molar-refractivity contribution < 1.29 is 4.74 Å². The minimum atomic E-state index is 0.459. The van der Waals surface area contributed by atoms with Crippen molar-refractivity contribution >= 4 is 44.1 Å². The summed E-state index contributed by atoms with van der Waals surface area (Å²) in [6, 6.07) is 5.67. The maximum absolute atomic E-state index is 6.02. The number of thiazole rings is 1. The molecule has 2 nitrogen and oxygen atoms in total. The van der Waals surface area contributed by atoms with Crippen LogP contribution in [0.3, 0.4) is 0 Å². The number of hydrogen-bond acceptors (Lipinski definition) is 3. The topological polar surface area (TPSA) is 22.1 Å². The van der Waals surface area contributed by atoms with Crippen molar-refractivity contribution in [3.63, 3.8) is 0 Å². The maximum atomic E-state index is 6.02. The predicted molar refractivity (Wildman–Crippen MR) is 63.3 cm³/mol. The number of halogens is 1. The number of ether oxygens (including phenoxy) is 1. The summed E-state index contributed by atoms with van der Waals surface area (Å²) in [6.07, 6.45) is 0. The number of rotatable bonds is 3. The Morgan fingerprint density at radius 2 is 2.33 bits per heavy atom. The summed E-state index contributed by atoms with van der Waals surface area (Å²) in [7, 11) is 0. The SMILES string of the molecule is Clc1cc([As])ccc1OCc1cscn1. The Morgan fingerprint density at radius 3 is 3.00 bits per heavy atom. The second-order valence-corrected chi connectivity index (χ2v) is 5.09. The van der Waals surface area contributed by atoms with Crippen molar-refractivity contribution in [2.24, 2.45) is 0 Å². The fraction of sp³-hybridized carbons (Fsp3) is 0.100. The summed E-state index contributed by atoms with van der Waals surface area (Å²) in [5, 5.41) is 2.59. The molecule has 2 radical (unpaired) electrons. The van der Waals surface area contributed by atoms with Crippen molar-refractivity contribution in [1.82, 2.24) is 4.98 Å². The summed E-state index contributed by atoms with van der Waals surface area (Å²) < 4.78 is 6.60. The Hall–Kier alpha value is -0.502. The van der Waals surface area contributed by atoms with Gasteiger partial charge in [-0.1, -0.05) is 0 Å². The fourth-order valence-corrected chi connectivity index (χ4v) is 2.44. The Labute approximate surface area is 106 Å². The van der Waals surface area contributed by atoms with Crippen molar-refractivity contribution in [1.29, 1.82) is 0 Å². The Balaban J connectivity index is 2.05. The van der Waals surface area contributed by atoms with Crippen LogP contribution in [0.15, 0.2) is 29.1 Å². The zero-order chi connectivity index (χ0) is 10.7. The molecule has 0 aliphatic carbocycles. The average molecular weight is 300 g/mol. The summed E-state index contributed by atoms with van der Waals surface area (Å²) >= 11 is 10.0. The quantitative estimate of drug-likeness (QED) is 0.811. The van der Waals surface area contributed by atoms with Gasteiger partial charge in [-0.3, -0.25) is 0 Å². The summed E-state index contributed by atoms with van der Waals surface area (Å²) in [5.74, 6) is 0.694. The average Bonchev–Trinajstić information content (AvgIpc) is 2.69. The molecule has 0 bridgehead atoms. The summed E-state index contributed by atoms with van der Waals surface area (Å²) in [5.41, 5.74) is 2.71. The van der Waals surface area contributed by atoms with Gasteiger partial charge in [-0.25, -0.2) is 0 Å². The molecule has 0 saturated heterocycles. The monoisotopic (exact) mass is 299 g/mol. The van der Waals surface area contributed by atoms with Gasteiger partial charge in [0.05, 0.1) is 0 Å². The van der Waals surface area contributed by atoms with Crippen LogP contribution in [0.1, 0.15) is 5.69 Å². The van der Waals surface area contributed by atoms with Crippen LogP contribution in [-0.2, 0) is 6.61 Å². The molecule has 0 saturated carbocycles. The van der Waals surface area contributed by atoms with Crippen LogP contribution >= 0.6 is 22.9 Å². The molecule has 0 unspecified atom stereocenters. The second kappa shape index (κ2) is 5.02. The molecule has 0 spiro atoms. The molecule has 0 N–H and O–H groups in total. The number of nitrogens with zero attached hydrogens (tertiary/aromatic N) is 1. The predicted octanol–water partition coefficient (Wildman–Crippen LogP) is 2.17. The first-order chi connectivity index (χ1) is 7.25. The Morgan fingerprint density at radius 1 is 1.47 bits per heavy atom. The first-order valence-corrected chi connectivity index (χ1v) is 6.50. The van der Waals surface area contributed by atoms with Gasteiger partial charge in [-0.05, 0) is 0 Å². The minimum absolute atomic E-state index is 0.459. The number of aromatic nitrogens is 1. The van der Waals surface area contributed by atoms with Gasteiger partial charge < -0.3 is 0 Å². The molecule has 2 aromatic rings. The van der Waals surface area contributed by atoms with Gasteiger partial charge in [-0.2, -0.15) is 0 Å². The van der Waals surface area contributed by atoms with Gasteiger partial charge in [0.15, 0.2) is 0 Å². The first kappa shape index (κ1) is 11.0. The van der Waals surface area contributed by atoms with Crippen molar-refractivity contribution in [2.75, 3.05) is 0 Å². The van der Waals surface area contributed by atoms with Gasteiger partial charge in [0.1, 0.15) is 0 Å². The standard InChI is InChI=1S/C10H7AsClNOS/c11-7-1-2-10(9(12)3-7)14-4-8-5-15-6-13-8/h1-3,5-6H,4H2. The molecule has 5 heteroatoms. The molecule has 2 rings (SSSR count). The molecular formula is C10H7AsClNOS. The van der Waals surface area contributed by atoms with Crippen LogP contribution in [0.2, 0.25) is 5.02 Å². The van der Waals surface area contributed by atoms with Gasteiger partial charge in [0.2, 0.25) is 0 Å². The molecule has 0 aliphatic rings. The zero-order valence-corrected chi connectivity index (χ0v) is 11.1. The zero-order valence-electron chi connectivity index (χ0n) is 7.68. The van der Waals surface area contributed by atoms with E-state index in [9.17, 15) is 0 Å². The first-order valence-electron chi connectivity index (χ1n) is 4.24. The van der Waals surface area contributed by atoms with Gasteiger partial charge in [0, 0.05) is 0 Å². The third kappa shape index (κ3) is 2.97. The number of benzene rings is 1. The van der Waals surface area contributed by atoms with Crippen LogP contribution in [0, 0.1) is 0 Å². The second-order valence-electron chi connectivity index (χ2n) is 2.88. The fourth-order valence-electron chi connectivity index (χ4n) is 1.07. The van der Waals surface area contributed by atoms with Gasteiger partial charge in [-0.15, -0.1) is 0 Å². The van der Waals surface area contributed by atoms with Crippen LogP contribution < -0.4 is 9.09 Å². The van der Waals surface area contributed by atoms with Crippen LogP contribution in [0.5, 0.6) is 5.75 Å². The van der Waals surface area contributed by atoms with E-state index in [4.69, 9.17) is 16.3 Å². The number of hydrogen-bond donors (Lipinski definition) is 0. The third-order valence-corrected chi connectivity index (χ3v) is 3.29. The van der Waals surface area contributed by atoms with Gasteiger partial charge in [0.25, 0.3) is 0 Å². The molecule has 0 fully saturated rings. The molecule has 1 aromatic carbocycles. The van der Waals surface area contributed by atoms with E-state index >= 15 is 0 Å². The van der Waals surface area contributed by atoms with E-state index in [1.54, 1.807) is 16.8 Å². The molecule has 0 amide bonds. The normalized spacial score (nSPS) is 10.3. The van der Waals surface area contributed by atoms with E-state index < -0.39 is 0 Å². The van der Waals surface area contributed by atoms with Crippen molar-refractivity contribution in [3.05, 3.63) is 39.8 Å². The van der Waals surface area contributed by atoms with E-state index in [0.29, 0.717) is 17.4 Å². The van der Waals surface area contributed by atoms with E-state index in [-0.39, 0.29) is 0 Å². The summed E-state index contributed by atoms with van der Waals surface area (Å²) in [4.78, 5) is 4.13. The van der Waals surface area contributed by atoms with Crippen LogP contribution in [0.25, 0.3) is 0 Å².